The predicted octanol–water partition coefficient (Wildman–Crippen LogP) is 4.82. The number of aryl methyl sites for hydroxylation is 2. The number of halogens is 5. The third-order valence-electron chi connectivity index (χ3n) is 4.89. The molecule has 0 amide bonds. The fourth-order valence-corrected chi connectivity index (χ4v) is 3.65. The molecule has 0 heterocycles. The van der Waals surface area contributed by atoms with Crippen molar-refractivity contribution < 1.29 is 36.5 Å². The second kappa shape index (κ2) is 12.0. The zero-order chi connectivity index (χ0) is 23.8. The molecule has 178 valence electrons. The van der Waals surface area contributed by atoms with E-state index in [4.69, 9.17) is 26.6 Å². The fourth-order valence-electron chi connectivity index (χ4n) is 3.06. The molecule has 0 saturated carbocycles. The van der Waals surface area contributed by atoms with E-state index in [1.807, 2.05) is 0 Å². The highest BCUT2D eigenvalue weighted by Crippen LogP contribution is 2.37. The largest absolute Gasteiger partial charge is 0.493 e. The van der Waals surface area contributed by atoms with Crippen LogP contribution in [0.2, 0.25) is 5.02 Å². The van der Waals surface area contributed by atoms with Crippen LogP contribution in [0, 0.1) is 5.82 Å². The smallest absolute Gasteiger partial charge is 0.419 e. The molecular formula is C21H25ClF4NO4P. The van der Waals surface area contributed by atoms with Crippen molar-refractivity contribution in [2.75, 3.05) is 19.8 Å². The number of aliphatic hydroxyl groups is 1. The van der Waals surface area contributed by atoms with Crippen LogP contribution in [0.25, 0.3) is 0 Å². The summed E-state index contributed by atoms with van der Waals surface area (Å²) in [7, 11) is -1.50. The minimum atomic E-state index is -4.64. The third-order valence-corrected chi connectivity index (χ3v) is 5.49. The quantitative estimate of drug-likeness (QED) is 0.250. The van der Waals surface area contributed by atoms with Crippen molar-refractivity contribution in [2.24, 2.45) is 5.73 Å². The lowest BCUT2D eigenvalue weighted by Gasteiger charge is -2.26. The summed E-state index contributed by atoms with van der Waals surface area (Å²) in [5, 5.41) is 9.41. The molecule has 0 fully saturated rings. The van der Waals surface area contributed by atoms with Gasteiger partial charge >= 0.3 is 6.18 Å². The molecule has 5 nitrogen and oxygen atoms in total. The van der Waals surface area contributed by atoms with Gasteiger partial charge in [-0.1, -0.05) is 29.8 Å². The maximum Gasteiger partial charge on any atom is 0.419 e. The Hall–Kier alpha value is -1.64. The average molecular weight is 498 g/mol. The van der Waals surface area contributed by atoms with Gasteiger partial charge < -0.3 is 20.1 Å². The van der Waals surface area contributed by atoms with Crippen LogP contribution in [0.15, 0.2) is 36.4 Å². The van der Waals surface area contributed by atoms with Crippen LogP contribution < -0.4 is 10.5 Å². The molecule has 0 saturated heterocycles. The van der Waals surface area contributed by atoms with Gasteiger partial charge in [0.15, 0.2) is 8.69 Å². The first-order valence-corrected chi connectivity index (χ1v) is 11.1. The number of hydrogen-bond acceptors (Lipinski definition) is 5. The van der Waals surface area contributed by atoms with E-state index in [1.165, 1.54) is 18.2 Å². The van der Waals surface area contributed by atoms with Crippen molar-refractivity contribution in [3.63, 3.8) is 0 Å². The maximum absolute atomic E-state index is 13.9. The molecule has 0 aliphatic carbocycles. The first-order chi connectivity index (χ1) is 15.1. The van der Waals surface area contributed by atoms with Crippen LogP contribution in [-0.2, 0) is 28.1 Å². The molecule has 0 aromatic heterocycles. The summed E-state index contributed by atoms with van der Waals surface area (Å²) in [6, 6.07) is 8.27. The maximum atomic E-state index is 13.9. The second-order valence-corrected chi connectivity index (χ2v) is 8.35. The molecular weight excluding hydrogens is 473 g/mol. The van der Waals surface area contributed by atoms with E-state index in [9.17, 15) is 27.2 Å². The molecule has 0 bridgehead atoms. The van der Waals surface area contributed by atoms with Crippen LogP contribution in [0.5, 0.6) is 5.75 Å². The fraction of sp³-hybridized carbons (Fsp3) is 0.429. The number of aliphatic hydroxyl groups excluding tert-OH is 1. The molecule has 0 aliphatic rings. The average Bonchev–Trinajstić information content (AvgIpc) is 2.76. The van der Waals surface area contributed by atoms with Gasteiger partial charge in [-0.05, 0) is 55.0 Å². The Morgan fingerprint density at radius 3 is 2.56 bits per heavy atom. The molecule has 2 aromatic carbocycles. The monoisotopic (exact) mass is 497 g/mol. The van der Waals surface area contributed by atoms with Crippen molar-refractivity contribution in [2.45, 2.75) is 37.4 Å². The lowest BCUT2D eigenvalue weighted by molar-refractivity contribution is -0.139. The number of hydrogen-bond donors (Lipinski definition) is 2. The summed E-state index contributed by atoms with van der Waals surface area (Å²) >= 11 is 5.72. The topological polar surface area (TPSA) is 81.8 Å². The lowest BCUT2D eigenvalue weighted by Crippen LogP contribution is -2.47. The second-order valence-electron chi connectivity index (χ2n) is 7.42. The molecule has 2 unspecified atom stereocenters. The van der Waals surface area contributed by atoms with Crippen LogP contribution in [-0.4, -0.2) is 30.5 Å². The molecule has 3 N–H and O–H groups in total. The number of alkyl halides is 3. The highest BCUT2D eigenvalue weighted by atomic mass is 35.5. The number of benzene rings is 2. The molecule has 11 heteroatoms. The van der Waals surface area contributed by atoms with Gasteiger partial charge in [0.25, 0.3) is 0 Å². The number of ether oxygens (including phenoxy) is 1. The van der Waals surface area contributed by atoms with E-state index in [0.29, 0.717) is 17.5 Å². The van der Waals surface area contributed by atoms with Crippen LogP contribution in [0.1, 0.15) is 29.5 Å². The highest BCUT2D eigenvalue weighted by molar-refractivity contribution is 7.17. The standard InChI is InChI=1S/C21H25ClF4NO4P/c22-17-5-1-3-15(19(17)23)4-2-10-30-18-7-6-14(11-16(18)21(24,25)26)8-9-20(27,12-28)13-31-32-29/h1,3,5-7,11,28H,2,4,8-10,12-13,27,32H2. The predicted molar refractivity (Wildman–Crippen MR) is 115 cm³/mol. The van der Waals surface area contributed by atoms with E-state index in [-0.39, 0.29) is 43.2 Å². The molecule has 2 rings (SSSR count). The minimum Gasteiger partial charge on any atom is -0.493 e. The first-order valence-electron chi connectivity index (χ1n) is 9.80. The minimum absolute atomic E-state index is 0.0121. The third kappa shape index (κ3) is 7.74. The van der Waals surface area contributed by atoms with E-state index >= 15 is 0 Å². The molecule has 0 spiro atoms. The van der Waals surface area contributed by atoms with Crippen LogP contribution >= 0.6 is 20.3 Å². The van der Waals surface area contributed by atoms with Crippen molar-refractivity contribution in [3.8, 4) is 5.75 Å². The molecule has 2 atom stereocenters. The summed E-state index contributed by atoms with van der Waals surface area (Å²) in [5.74, 6) is -0.873. The summed E-state index contributed by atoms with van der Waals surface area (Å²) < 4.78 is 75.2. The Morgan fingerprint density at radius 1 is 1.16 bits per heavy atom. The summed E-state index contributed by atoms with van der Waals surface area (Å²) in [6.07, 6.45) is -3.81. The van der Waals surface area contributed by atoms with Crippen molar-refractivity contribution >= 4 is 20.3 Å². The van der Waals surface area contributed by atoms with Gasteiger partial charge in [-0.3, -0.25) is 4.57 Å². The Kier molecular flexibility index (Phi) is 9.98. The van der Waals surface area contributed by atoms with E-state index in [0.717, 1.165) is 6.07 Å². The van der Waals surface area contributed by atoms with Gasteiger partial charge in [-0.2, -0.15) is 13.2 Å². The van der Waals surface area contributed by atoms with Gasteiger partial charge in [0.05, 0.1) is 35.9 Å². The van der Waals surface area contributed by atoms with Crippen molar-refractivity contribution in [1.29, 1.82) is 0 Å². The summed E-state index contributed by atoms with van der Waals surface area (Å²) in [6.45, 7) is -0.671. The van der Waals surface area contributed by atoms with Gasteiger partial charge in [-0.25, -0.2) is 4.39 Å². The highest BCUT2D eigenvalue weighted by Gasteiger charge is 2.35. The van der Waals surface area contributed by atoms with E-state index < -0.39 is 38.4 Å². The van der Waals surface area contributed by atoms with Crippen molar-refractivity contribution in [1.82, 2.24) is 0 Å². The Bertz CT molecular complexity index is 916. The lowest BCUT2D eigenvalue weighted by atomic mass is 9.93. The van der Waals surface area contributed by atoms with E-state index in [1.54, 1.807) is 12.1 Å². The molecule has 2 aromatic rings. The van der Waals surface area contributed by atoms with Crippen LogP contribution in [0.3, 0.4) is 0 Å². The normalized spacial score (nSPS) is 14.1. The zero-order valence-corrected chi connectivity index (χ0v) is 19.0. The number of nitrogens with two attached hydrogens (primary N) is 1. The van der Waals surface area contributed by atoms with Crippen molar-refractivity contribution in [3.05, 3.63) is 63.9 Å². The van der Waals surface area contributed by atoms with Crippen LogP contribution in [0.4, 0.5) is 17.6 Å². The van der Waals surface area contributed by atoms with E-state index in [2.05, 4.69) is 0 Å². The zero-order valence-electron chi connectivity index (χ0n) is 17.1. The summed E-state index contributed by atoms with van der Waals surface area (Å²) in [4.78, 5) is 0. The van der Waals surface area contributed by atoms with Gasteiger partial charge in [0, 0.05) is 0 Å². The van der Waals surface area contributed by atoms with Gasteiger partial charge in [-0.15, -0.1) is 0 Å². The SMILES string of the molecule is NC(CO)(CCc1ccc(OCCCc2cccc(Cl)c2F)c(C(F)(F)F)c1)CO[PH2]=O. The number of rotatable bonds is 12. The molecule has 32 heavy (non-hydrogen) atoms. The Balaban J connectivity index is 2.03. The molecule has 0 radical (unpaired) electrons. The first kappa shape index (κ1) is 26.6. The molecule has 0 aliphatic heterocycles. The van der Waals surface area contributed by atoms with Gasteiger partial charge in [0.2, 0.25) is 0 Å². The Morgan fingerprint density at radius 2 is 1.91 bits per heavy atom. The summed E-state index contributed by atoms with van der Waals surface area (Å²) in [5.41, 5.74) is 4.52. The Labute approximate surface area is 189 Å². The van der Waals surface area contributed by atoms with Gasteiger partial charge in [0.1, 0.15) is 11.6 Å².